The van der Waals surface area contributed by atoms with Crippen molar-refractivity contribution >= 4 is 24.0 Å². The topological polar surface area (TPSA) is 125 Å². The third-order valence-electron chi connectivity index (χ3n) is 3.70. The Morgan fingerprint density at radius 3 is 1.39 bits per heavy atom. The van der Waals surface area contributed by atoms with Crippen LogP contribution in [0.5, 0.6) is 11.5 Å². The molecule has 2 aromatic rings. The first kappa shape index (κ1) is 20.5. The fourth-order valence-electron chi connectivity index (χ4n) is 2.27. The molecule has 28 heavy (non-hydrogen) atoms. The van der Waals surface area contributed by atoms with Gasteiger partial charge in [0.2, 0.25) is 0 Å². The fraction of sp³-hybridized carbons (Fsp3) is 0.200. The summed E-state index contributed by atoms with van der Waals surface area (Å²) in [5, 5.41) is 0. The lowest BCUT2D eigenvalue weighted by molar-refractivity contribution is 0.00214. The molecule has 8 nitrogen and oxygen atoms in total. The molecule has 0 heterocycles. The molecule has 0 spiro atoms. The number of unbranched alkanes of at least 4 members (excludes halogenated alkanes) is 1. The molecule has 8 heteroatoms. The summed E-state index contributed by atoms with van der Waals surface area (Å²) in [6, 6.07) is 13.1. The maximum Gasteiger partial charge on any atom is 0.328 e. The normalized spacial score (nSPS) is 9.57. The quantitative estimate of drug-likeness (QED) is 0.196. The highest BCUT2D eigenvalue weighted by molar-refractivity contribution is 6.33. The van der Waals surface area contributed by atoms with E-state index in [1.807, 2.05) is 0 Å². The largest absolute Gasteiger partial charge is 0.494 e. The number of ether oxygens (including phenoxy) is 2. The summed E-state index contributed by atoms with van der Waals surface area (Å²) in [6.45, 7) is 1.01. The van der Waals surface area contributed by atoms with Crippen LogP contribution in [0.25, 0.3) is 11.1 Å². The third-order valence-corrected chi connectivity index (χ3v) is 3.70. The number of carbonyl (C=O) groups excluding carboxylic acids is 2. The van der Waals surface area contributed by atoms with Crippen LogP contribution in [0.3, 0.4) is 0 Å². The van der Waals surface area contributed by atoms with Crippen LogP contribution in [0.2, 0.25) is 0 Å². The zero-order valence-corrected chi connectivity index (χ0v) is 15.0. The zero-order chi connectivity index (χ0) is 20.2. The second-order valence-corrected chi connectivity index (χ2v) is 5.67. The molecule has 0 aliphatic carbocycles. The number of benzene rings is 2. The van der Waals surface area contributed by atoms with Gasteiger partial charge in [-0.15, -0.1) is 0 Å². The molecule has 0 unspecified atom stereocenters. The molecule has 0 amide bonds. The highest BCUT2D eigenvalue weighted by atomic mass is 16.5. The van der Waals surface area contributed by atoms with E-state index in [-0.39, 0.29) is 11.6 Å². The van der Waals surface area contributed by atoms with E-state index in [9.17, 15) is 9.59 Å². The fourth-order valence-corrected chi connectivity index (χ4v) is 2.27. The number of ketones is 2. The third kappa shape index (κ3) is 6.46. The van der Waals surface area contributed by atoms with E-state index in [0.717, 1.165) is 25.3 Å². The van der Waals surface area contributed by atoms with Gasteiger partial charge >= 0.3 is 12.4 Å². The van der Waals surface area contributed by atoms with Gasteiger partial charge < -0.3 is 20.5 Å². The summed E-state index contributed by atoms with van der Waals surface area (Å²) in [7, 11) is 0. The van der Waals surface area contributed by atoms with Crippen molar-refractivity contribution in [1.82, 2.24) is 0 Å². The van der Waals surface area contributed by atoms with Gasteiger partial charge in [0.05, 0.1) is 13.2 Å². The number of nitrogens with zero attached hydrogens (tertiary/aromatic N) is 4. The summed E-state index contributed by atoms with van der Waals surface area (Å²) in [5.41, 5.74) is 17.5. The number of hydrogen-bond donors (Lipinski definition) is 0. The van der Waals surface area contributed by atoms with E-state index < -0.39 is 0 Å². The lowest BCUT2D eigenvalue weighted by atomic mass is 10.1. The average molecular weight is 378 g/mol. The Hall–Kier alpha value is -3.86. The number of rotatable bonds is 11. The Bertz CT molecular complexity index is 833. The van der Waals surface area contributed by atoms with Crippen molar-refractivity contribution in [3.8, 4) is 11.5 Å². The smallest absolute Gasteiger partial charge is 0.328 e. The van der Waals surface area contributed by atoms with Gasteiger partial charge in [-0.2, -0.15) is 9.58 Å². The zero-order valence-electron chi connectivity index (χ0n) is 15.0. The summed E-state index contributed by atoms with van der Waals surface area (Å²) in [6.07, 6.45) is 3.23. The summed E-state index contributed by atoms with van der Waals surface area (Å²) < 4.78 is 11.2. The van der Waals surface area contributed by atoms with Crippen molar-refractivity contribution in [1.29, 1.82) is 0 Å². The summed E-state index contributed by atoms with van der Waals surface area (Å²) >= 11 is 0. The molecule has 0 aromatic heterocycles. The van der Waals surface area contributed by atoms with E-state index >= 15 is 0 Å². The minimum Gasteiger partial charge on any atom is -0.494 e. The lowest BCUT2D eigenvalue weighted by Gasteiger charge is -2.08. The first-order valence-electron chi connectivity index (χ1n) is 8.53. The van der Waals surface area contributed by atoms with Crippen LogP contribution >= 0.6 is 0 Å². The molecule has 0 radical (unpaired) electrons. The standard InChI is InChI=1S/C20H18N4O4/c21-23-13-19(25)15-3-7-17(8-4-15)27-11-1-2-12-28-18-9-5-16(6-10-18)20(26)14-24-22/h3-10,13-14H,1-2,11-12H2. The van der Waals surface area contributed by atoms with Gasteiger partial charge in [-0.25, -0.2) is 0 Å². The van der Waals surface area contributed by atoms with Crippen LogP contribution in [0.4, 0.5) is 0 Å². The van der Waals surface area contributed by atoms with Gasteiger partial charge in [-0.05, 0) is 61.4 Å². The molecule has 142 valence electrons. The van der Waals surface area contributed by atoms with E-state index in [4.69, 9.17) is 20.5 Å². The number of Topliss-reactive ketones (excluding diaryl/α,β-unsaturated/α-hetero) is 2. The molecule has 0 N–H and O–H groups in total. The Morgan fingerprint density at radius 2 is 1.07 bits per heavy atom. The maximum atomic E-state index is 11.5. The SMILES string of the molecule is [N-]=[N+]=CC(=O)c1ccc(OCCCCOc2ccc(C(=O)C=[N+]=[N-])cc2)cc1. The molecule has 0 saturated carbocycles. The Morgan fingerprint density at radius 1 is 0.714 bits per heavy atom. The van der Waals surface area contributed by atoms with E-state index in [2.05, 4.69) is 9.58 Å². The van der Waals surface area contributed by atoms with Crippen LogP contribution in [-0.2, 0) is 0 Å². The van der Waals surface area contributed by atoms with Crippen LogP contribution in [0, 0.1) is 0 Å². The first-order valence-corrected chi connectivity index (χ1v) is 8.53. The molecule has 0 aliphatic rings. The Labute approximate surface area is 161 Å². The van der Waals surface area contributed by atoms with Gasteiger partial charge in [0.25, 0.3) is 11.6 Å². The molecule has 0 atom stereocenters. The molecule has 2 rings (SSSR count). The molecular weight excluding hydrogens is 360 g/mol. The van der Waals surface area contributed by atoms with E-state index in [1.54, 1.807) is 48.5 Å². The lowest BCUT2D eigenvalue weighted by Crippen LogP contribution is -2.04. The van der Waals surface area contributed by atoms with Crippen molar-refractivity contribution in [2.75, 3.05) is 13.2 Å². The van der Waals surface area contributed by atoms with Crippen molar-refractivity contribution in [3.63, 3.8) is 0 Å². The van der Waals surface area contributed by atoms with Gasteiger partial charge in [-0.3, -0.25) is 9.59 Å². The summed E-state index contributed by atoms with van der Waals surface area (Å²) in [4.78, 5) is 28.4. The molecule has 0 fully saturated rings. The first-order chi connectivity index (χ1) is 13.6. The van der Waals surface area contributed by atoms with Crippen LogP contribution in [0.1, 0.15) is 33.6 Å². The number of hydrogen-bond acceptors (Lipinski definition) is 4. The van der Waals surface area contributed by atoms with Gasteiger partial charge in [-0.1, -0.05) is 0 Å². The molecule has 0 saturated heterocycles. The molecule has 2 aromatic carbocycles. The molecule has 0 bridgehead atoms. The molecule has 0 aliphatic heterocycles. The predicted molar refractivity (Wildman–Crippen MR) is 101 cm³/mol. The number of carbonyl (C=O) groups is 2. The maximum absolute atomic E-state index is 11.5. The Kier molecular flexibility index (Phi) is 8.02. The van der Waals surface area contributed by atoms with Crippen molar-refractivity contribution in [3.05, 3.63) is 70.7 Å². The van der Waals surface area contributed by atoms with E-state index in [0.29, 0.717) is 35.8 Å². The van der Waals surface area contributed by atoms with Gasteiger partial charge in [0, 0.05) is 11.1 Å². The van der Waals surface area contributed by atoms with Crippen LogP contribution < -0.4 is 9.47 Å². The van der Waals surface area contributed by atoms with Crippen LogP contribution in [-0.4, -0.2) is 46.8 Å². The van der Waals surface area contributed by atoms with Crippen molar-refractivity contribution < 1.29 is 28.6 Å². The highest BCUT2D eigenvalue weighted by Crippen LogP contribution is 2.14. The monoisotopic (exact) mass is 378 g/mol. The average Bonchev–Trinajstić information content (AvgIpc) is 2.72. The van der Waals surface area contributed by atoms with Gasteiger partial charge in [0.1, 0.15) is 11.5 Å². The highest BCUT2D eigenvalue weighted by Gasteiger charge is 2.07. The van der Waals surface area contributed by atoms with E-state index in [1.165, 1.54) is 0 Å². The van der Waals surface area contributed by atoms with Gasteiger partial charge in [0.15, 0.2) is 0 Å². The predicted octanol–water partition coefficient (Wildman–Crippen LogP) is 2.89. The van der Waals surface area contributed by atoms with Crippen molar-refractivity contribution in [2.45, 2.75) is 12.8 Å². The van der Waals surface area contributed by atoms with Crippen LogP contribution in [0.15, 0.2) is 48.5 Å². The van der Waals surface area contributed by atoms with Crippen molar-refractivity contribution in [2.24, 2.45) is 0 Å². The minimum atomic E-state index is -0.384. The summed E-state index contributed by atoms with van der Waals surface area (Å²) in [5.74, 6) is 0.519. The molecular formula is C20H18N4O4. The Balaban J connectivity index is 1.66. The second kappa shape index (κ2) is 11.0. The minimum absolute atomic E-state index is 0.384. The second-order valence-electron chi connectivity index (χ2n) is 5.67.